The molecule has 0 bridgehead atoms. The van der Waals surface area contributed by atoms with Gasteiger partial charge >= 0.3 is 0 Å². The number of carbonyl (C=O) groups excluding carboxylic acids is 1. The number of amides is 1. The van der Waals surface area contributed by atoms with E-state index >= 15 is 0 Å². The number of nitrogens with zero attached hydrogens (tertiary/aromatic N) is 1. The Labute approximate surface area is 106 Å². The van der Waals surface area contributed by atoms with Gasteiger partial charge in [-0.05, 0) is 45.4 Å². The maximum Gasteiger partial charge on any atom is 0.222 e. The third kappa shape index (κ3) is 4.66. The summed E-state index contributed by atoms with van der Waals surface area (Å²) in [5, 5.41) is 0. The van der Waals surface area contributed by atoms with E-state index in [1.807, 2.05) is 6.92 Å². The van der Waals surface area contributed by atoms with Gasteiger partial charge in [0.2, 0.25) is 5.91 Å². The highest BCUT2D eigenvalue weighted by atomic mass is 16.2. The summed E-state index contributed by atoms with van der Waals surface area (Å²) in [6.07, 6.45) is 6.18. The van der Waals surface area contributed by atoms with Gasteiger partial charge in [-0.3, -0.25) is 4.79 Å². The molecule has 3 unspecified atom stereocenters. The van der Waals surface area contributed by atoms with Crippen molar-refractivity contribution in [3.63, 3.8) is 0 Å². The van der Waals surface area contributed by atoms with Crippen molar-refractivity contribution >= 4 is 5.91 Å². The Morgan fingerprint density at radius 3 is 2.76 bits per heavy atom. The molecule has 0 aliphatic carbocycles. The molecule has 3 heteroatoms. The summed E-state index contributed by atoms with van der Waals surface area (Å²) in [7, 11) is 0. The highest BCUT2D eigenvalue weighted by molar-refractivity contribution is 5.76. The molecular weight excluding hydrogens is 212 g/mol. The zero-order valence-corrected chi connectivity index (χ0v) is 11.6. The van der Waals surface area contributed by atoms with E-state index in [-0.39, 0.29) is 6.04 Å². The molecule has 1 rings (SSSR count). The van der Waals surface area contributed by atoms with E-state index in [1.165, 1.54) is 12.8 Å². The molecular formula is C14H28N2O. The number of piperidine rings is 1. The fraction of sp³-hybridized carbons (Fsp3) is 0.929. The van der Waals surface area contributed by atoms with Crippen LogP contribution < -0.4 is 5.73 Å². The minimum absolute atomic E-state index is 0.213. The fourth-order valence-corrected chi connectivity index (χ4v) is 2.58. The maximum absolute atomic E-state index is 12.1. The van der Waals surface area contributed by atoms with Gasteiger partial charge in [0.05, 0.1) is 0 Å². The van der Waals surface area contributed by atoms with E-state index in [4.69, 9.17) is 5.73 Å². The number of nitrogens with two attached hydrogens (primary N) is 1. The summed E-state index contributed by atoms with van der Waals surface area (Å²) in [5.41, 5.74) is 5.70. The zero-order valence-electron chi connectivity index (χ0n) is 11.6. The van der Waals surface area contributed by atoms with Gasteiger partial charge in [-0.1, -0.05) is 13.3 Å². The van der Waals surface area contributed by atoms with Gasteiger partial charge in [-0.25, -0.2) is 0 Å². The third-order valence-corrected chi connectivity index (χ3v) is 3.93. The summed E-state index contributed by atoms with van der Waals surface area (Å²) in [6.45, 7) is 7.37. The Balaban J connectivity index is 2.37. The molecule has 3 nitrogen and oxygen atoms in total. The lowest BCUT2D eigenvalue weighted by Gasteiger charge is -2.38. The molecule has 1 heterocycles. The van der Waals surface area contributed by atoms with E-state index in [0.29, 0.717) is 24.3 Å². The van der Waals surface area contributed by atoms with Crippen molar-refractivity contribution < 1.29 is 4.79 Å². The van der Waals surface area contributed by atoms with Gasteiger partial charge in [0.25, 0.3) is 0 Å². The fourth-order valence-electron chi connectivity index (χ4n) is 2.58. The lowest BCUT2D eigenvalue weighted by Crippen LogP contribution is -2.45. The average Bonchev–Trinajstić information content (AvgIpc) is 2.29. The lowest BCUT2D eigenvalue weighted by molar-refractivity contribution is -0.135. The van der Waals surface area contributed by atoms with Crippen LogP contribution in [0, 0.1) is 5.92 Å². The predicted octanol–water partition coefficient (Wildman–Crippen LogP) is 2.54. The van der Waals surface area contributed by atoms with Gasteiger partial charge in [0.15, 0.2) is 0 Å². The Morgan fingerprint density at radius 2 is 2.18 bits per heavy atom. The number of hydrogen-bond acceptors (Lipinski definition) is 2. The van der Waals surface area contributed by atoms with Crippen LogP contribution in [0.15, 0.2) is 0 Å². The second-order valence-corrected chi connectivity index (χ2v) is 5.62. The standard InChI is InChI=1S/C14H28N2O/c1-4-13-9-8-12(3)16(10-13)14(17)7-5-6-11(2)15/h11-13H,4-10,15H2,1-3H3. The van der Waals surface area contributed by atoms with Crippen LogP contribution in [0.2, 0.25) is 0 Å². The molecule has 2 N–H and O–H groups in total. The maximum atomic E-state index is 12.1. The van der Waals surface area contributed by atoms with Crippen LogP contribution in [-0.2, 0) is 4.79 Å². The predicted molar refractivity (Wildman–Crippen MR) is 71.7 cm³/mol. The van der Waals surface area contributed by atoms with Crippen LogP contribution in [-0.4, -0.2) is 29.4 Å². The second-order valence-electron chi connectivity index (χ2n) is 5.62. The van der Waals surface area contributed by atoms with Crippen molar-refractivity contribution in [2.24, 2.45) is 11.7 Å². The van der Waals surface area contributed by atoms with Crippen LogP contribution in [0.4, 0.5) is 0 Å². The van der Waals surface area contributed by atoms with Crippen molar-refractivity contribution in [2.45, 2.75) is 71.4 Å². The van der Waals surface area contributed by atoms with Gasteiger partial charge < -0.3 is 10.6 Å². The molecule has 0 aromatic heterocycles. The van der Waals surface area contributed by atoms with E-state index in [2.05, 4.69) is 18.7 Å². The summed E-state index contributed by atoms with van der Waals surface area (Å²) in [4.78, 5) is 14.2. The molecule has 0 aromatic rings. The molecule has 1 aliphatic rings. The highest BCUT2D eigenvalue weighted by Gasteiger charge is 2.27. The van der Waals surface area contributed by atoms with Crippen molar-refractivity contribution in [1.29, 1.82) is 0 Å². The largest absolute Gasteiger partial charge is 0.340 e. The number of hydrogen-bond donors (Lipinski definition) is 1. The monoisotopic (exact) mass is 240 g/mol. The Kier molecular flexibility index (Phi) is 5.96. The molecule has 17 heavy (non-hydrogen) atoms. The van der Waals surface area contributed by atoms with Crippen molar-refractivity contribution in [2.75, 3.05) is 6.54 Å². The molecule has 3 atom stereocenters. The number of likely N-dealkylation sites (tertiary alicyclic amines) is 1. The van der Waals surface area contributed by atoms with Gasteiger partial charge in [-0.2, -0.15) is 0 Å². The van der Waals surface area contributed by atoms with E-state index in [0.717, 1.165) is 25.8 Å². The molecule has 1 aliphatic heterocycles. The summed E-state index contributed by atoms with van der Waals surface area (Å²) >= 11 is 0. The number of carbonyl (C=O) groups is 1. The molecule has 0 saturated carbocycles. The van der Waals surface area contributed by atoms with Crippen LogP contribution in [0.3, 0.4) is 0 Å². The second kappa shape index (κ2) is 7.00. The van der Waals surface area contributed by atoms with E-state index in [9.17, 15) is 4.79 Å². The third-order valence-electron chi connectivity index (χ3n) is 3.93. The topological polar surface area (TPSA) is 46.3 Å². The van der Waals surface area contributed by atoms with Crippen LogP contribution in [0.1, 0.15) is 59.3 Å². The first-order valence-electron chi connectivity index (χ1n) is 7.09. The summed E-state index contributed by atoms with van der Waals surface area (Å²) < 4.78 is 0. The first-order valence-corrected chi connectivity index (χ1v) is 7.09. The lowest BCUT2D eigenvalue weighted by atomic mass is 9.91. The minimum atomic E-state index is 0.213. The minimum Gasteiger partial charge on any atom is -0.340 e. The van der Waals surface area contributed by atoms with Crippen molar-refractivity contribution in [1.82, 2.24) is 4.90 Å². The molecule has 1 saturated heterocycles. The Bertz CT molecular complexity index is 240. The average molecular weight is 240 g/mol. The first kappa shape index (κ1) is 14.5. The molecule has 1 fully saturated rings. The molecule has 0 aromatic carbocycles. The van der Waals surface area contributed by atoms with Crippen molar-refractivity contribution in [3.8, 4) is 0 Å². The summed E-state index contributed by atoms with van der Waals surface area (Å²) in [5.74, 6) is 1.04. The highest BCUT2D eigenvalue weighted by Crippen LogP contribution is 2.24. The quantitative estimate of drug-likeness (QED) is 0.802. The summed E-state index contributed by atoms with van der Waals surface area (Å²) in [6, 6.07) is 0.644. The van der Waals surface area contributed by atoms with Crippen LogP contribution >= 0.6 is 0 Å². The molecule has 100 valence electrons. The van der Waals surface area contributed by atoms with Crippen LogP contribution in [0.25, 0.3) is 0 Å². The van der Waals surface area contributed by atoms with Crippen molar-refractivity contribution in [3.05, 3.63) is 0 Å². The molecule has 1 amide bonds. The van der Waals surface area contributed by atoms with Gasteiger partial charge in [-0.15, -0.1) is 0 Å². The van der Waals surface area contributed by atoms with Gasteiger partial charge in [0.1, 0.15) is 0 Å². The smallest absolute Gasteiger partial charge is 0.222 e. The molecule has 0 radical (unpaired) electrons. The molecule has 0 spiro atoms. The zero-order chi connectivity index (χ0) is 12.8. The first-order chi connectivity index (χ1) is 8.04. The van der Waals surface area contributed by atoms with Crippen LogP contribution in [0.5, 0.6) is 0 Å². The Morgan fingerprint density at radius 1 is 1.47 bits per heavy atom. The SMILES string of the molecule is CCC1CCC(C)N(C(=O)CCCC(C)N)C1. The van der Waals surface area contributed by atoms with Gasteiger partial charge in [0, 0.05) is 25.0 Å². The van der Waals surface area contributed by atoms with E-state index < -0.39 is 0 Å². The Hall–Kier alpha value is -0.570. The normalized spacial score (nSPS) is 26.9. The van der Waals surface area contributed by atoms with E-state index in [1.54, 1.807) is 0 Å². The number of rotatable bonds is 5.